The molecule has 0 radical (unpaired) electrons. The summed E-state index contributed by atoms with van der Waals surface area (Å²) in [6.45, 7) is 3.87. The predicted molar refractivity (Wildman–Crippen MR) is 75.8 cm³/mol. The van der Waals surface area contributed by atoms with E-state index in [1.165, 1.54) is 7.11 Å². The quantitative estimate of drug-likeness (QED) is 0.805. The molecule has 2 rings (SSSR count). The number of esters is 1. The van der Waals surface area contributed by atoms with Crippen molar-refractivity contribution < 1.29 is 13.9 Å². The van der Waals surface area contributed by atoms with Crippen LogP contribution in [0.2, 0.25) is 0 Å². The molecular weight excluding hydrogens is 256 g/mol. The number of ether oxygens (including phenoxy) is 1. The van der Waals surface area contributed by atoms with Crippen molar-refractivity contribution in [1.82, 2.24) is 0 Å². The molecule has 0 saturated heterocycles. The monoisotopic (exact) mass is 272 g/mol. The number of carbonyl (C=O) groups is 1. The molecule has 1 aromatic carbocycles. The number of carbonyl (C=O) groups excluding carboxylic acids is 1. The standard InChI is InChI=1S/C16H16O4/c1-10(2)14-12(11-7-5-4-6-8-11)9-13(15(17)19-3)16(18)20-14/h4-10H,1-3H3. The Balaban J connectivity index is 2.70. The van der Waals surface area contributed by atoms with E-state index in [0.29, 0.717) is 5.76 Å². The first kappa shape index (κ1) is 14.1. The lowest BCUT2D eigenvalue weighted by Gasteiger charge is -2.12. The molecule has 0 saturated carbocycles. The summed E-state index contributed by atoms with van der Waals surface area (Å²) < 4.78 is 9.93. The first-order valence-corrected chi connectivity index (χ1v) is 6.36. The summed E-state index contributed by atoms with van der Waals surface area (Å²) in [4.78, 5) is 23.5. The van der Waals surface area contributed by atoms with Crippen LogP contribution in [0.15, 0.2) is 45.6 Å². The van der Waals surface area contributed by atoms with E-state index in [9.17, 15) is 9.59 Å². The van der Waals surface area contributed by atoms with Crippen molar-refractivity contribution in [3.8, 4) is 11.1 Å². The lowest BCUT2D eigenvalue weighted by atomic mass is 9.98. The van der Waals surface area contributed by atoms with Crippen LogP contribution in [0.1, 0.15) is 35.9 Å². The molecule has 0 aliphatic rings. The fourth-order valence-corrected chi connectivity index (χ4v) is 2.01. The van der Waals surface area contributed by atoms with Crippen molar-refractivity contribution in [2.45, 2.75) is 19.8 Å². The van der Waals surface area contributed by atoms with Crippen LogP contribution < -0.4 is 5.63 Å². The Morgan fingerprint density at radius 3 is 2.40 bits per heavy atom. The minimum atomic E-state index is -0.689. The zero-order valence-corrected chi connectivity index (χ0v) is 11.7. The maximum absolute atomic E-state index is 11.9. The second-order valence-electron chi connectivity index (χ2n) is 4.74. The number of rotatable bonds is 3. The van der Waals surface area contributed by atoms with Gasteiger partial charge in [0.25, 0.3) is 0 Å². The van der Waals surface area contributed by atoms with Crippen LogP contribution in [-0.4, -0.2) is 13.1 Å². The average molecular weight is 272 g/mol. The van der Waals surface area contributed by atoms with Crippen LogP contribution in [0.25, 0.3) is 11.1 Å². The van der Waals surface area contributed by atoms with E-state index < -0.39 is 11.6 Å². The SMILES string of the molecule is COC(=O)c1cc(-c2ccccc2)c(C(C)C)oc1=O. The van der Waals surface area contributed by atoms with Crippen LogP contribution in [0.4, 0.5) is 0 Å². The summed E-state index contributed by atoms with van der Waals surface area (Å²) in [5, 5.41) is 0. The largest absolute Gasteiger partial charge is 0.465 e. The van der Waals surface area contributed by atoms with E-state index in [0.717, 1.165) is 11.1 Å². The van der Waals surface area contributed by atoms with E-state index in [1.807, 2.05) is 44.2 Å². The van der Waals surface area contributed by atoms with E-state index >= 15 is 0 Å². The van der Waals surface area contributed by atoms with Crippen molar-refractivity contribution in [2.75, 3.05) is 7.11 Å². The van der Waals surface area contributed by atoms with Gasteiger partial charge in [-0.1, -0.05) is 44.2 Å². The first-order chi connectivity index (χ1) is 9.54. The molecule has 4 nitrogen and oxygen atoms in total. The van der Waals surface area contributed by atoms with Gasteiger partial charge in [-0.15, -0.1) is 0 Å². The molecule has 2 aromatic rings. The zero-order valence-electron chi connectivity index (χ0n) is 11.7. The topological polar surface area (TPSA) is 56.5 Å². The fourth-order valence-electron chi connectivity index (χ4n) is 2.01. The third-order valence-electron chi connectivity index (χ3n) is 2.99. The number of methoxy groups -OCH3 is 1. The van der Waals surface area contributed by atoms with Gasteiger partial charge in [-0.2, -0.15) is 0 Å². The Labute approximate surface area is 117 Å². The van der Waals surface area contributed by atoms with Crippen molar-refractivity contribution in [2.24, 2.45) is 0 Å². The third-order valence-corrected chi connectivity index (χ3v) is 2.99. The highest BCUT2D eigenvalue weighted by molar-refractivity contribution is 5.90. The van der Waals surface area contributed by atoms with Crippen LogP contribution in [0.5, 0.6) is 0 Å². The summed E-state index contributed by atoms with van der Waals surface area (Å²) >= 11 is 0. The van der Waals surface area contributed by atoms with Gasteiger partial charge in [0.05, 0.1) is 7.11 Å². The van der Waals surface area contributed by atoms with Gasteiger partial charge in [0.1, 0.15) is 11.3 Å². The summed E-state index contributed by atoms with van der Waals surface area (Å²) in [6, 6.07) is 11.0. The number of benzene rings is 1. The fraction of sp³-hybridized carbons (Fsp3) is 0.250. The molecular formula is C16H16O4. The Morgan fingerprint density at radius 2 is 1.85 bits per heavy atom. The third kappa shape index (κ3) is 2.64. The second kappa shape index (κ2) is 5.74. The van der Waals surface area contributed by atoms with Gasteiger partial charge in [0.15, 0.2) is 0 Å². The van der Waals surface area contributed by atoms with Gasteiger partial charge < -0.3 is 9.15 Å². The van der Waals surface area contributed by atoms with Gasteiger partial charge in [-0.25, -0.2) is 9.59 Å². The minimum absolute atomic E-state index is 0.0320. The van der Waals surface area contributed by atoms with Gasteiger partial charge in [-0.05, 0) is 11.6 Å². The lowest BCUT2D eigenvalue weighted by Crippen LogP contribution is -2.17. The molecule has 0 N–H and O–H groups in total. The summed E-state index contributed by atoms with van der Waals surface area (Å²) in [7, 11) is 1.24. The maximum Gasteiger partial charge on any atom is 0.350 e. The molecule has 0 aliphatic heterocycles. The maximum atomic E-state index is 11.9. The summed E-state index contributed by atoms with van der Waals surface area (Å²) in [6.07, 6.45) is 0. The van der Waals surface area contributed by atoms with E-state index in [1.54, 1.807) is 6.07 Å². The van der Waals surface area contributed by atoms with Crippen molar-refractivity contribution >= 4 is 5.97 Å². The lowest BCUT2D eigenvalue weighted by molar-refractivity contribution is 0.0595. The predicted octanol–water partition coefficient (Wildman–Crippen LogP) is 3.22. The molecule has 0 atom stereocenters. The highest BCUT2D eigenvalue weighted by Gasteiger charge is 2.19. The highest BCUT2D eigenvalue weighted by atomic mass is 16.5. The van der Waals surface area contributed by atoms with Gasteiger partial charge in [0.2, 0.25) is 0 Å². The first-order valence-electron chi connectivity index (χ1n) is 6.36. The molecule has 0 aliphatic carbocycles. The van der Waals surface area contributed by atoms with Crippen molar-refractivity contribution in [1.29, 1.82) is 0 Å². The van der Waals surface area contributed by atoms with E-state index in [-0.39, 0.29) is 11.5 Å². The molecule has 1 aromatic heterocycles. The van der Waals surface area contributed by atoms with Crippen molar-refractivity contribution in [3.63, 3.8) is 0 Å². The van der Waals surface area contributed by atoms with Gasteiger partial charge in [-0.3, -0.25) is 0 Å². The number of hydrogen-bond acceptors (Lipinski definition) is 4. The van der Waals surface area contributed by atoms with Crippen LogP contribution in [0, 0.1) is 0 Å². The molecule has 104 valence electrons. The molecule has 4 heteroatoms. The zero-order chi connectivity index (χ0) is 14.7. The van der Waals surface area contributed by atoms with Crippen LogP contribution >= 0.6 is 0 Å². The Morgan fingerprint density at radius 1 is 1.20 bits per heavy atom. The molecule has 0 amide bonds. The summed E-state index contributed by atoms with van der Waals surface area (Å²) in [5.74, 6) is -0.0929. The molecule has 0 fully saturated rings. The average Bonchev–Trinajstić information content (AvgIpc) is 2.47. The molecule has 1 heterocycles. The minimum Gasteiger partial charge on any atom is -0.465 e. The smallest absolute Gasteiger partial charge is 0.350 e. The van der Waals surface area contributed by atoms with Crippen LogP contribution in [0.3, 0.4) is 0 Å². The molecule has 0 spiro atoms. The van der Waals surface area contributed by atoms with Gasteiger partial charge >= 0.3 is 11.6 Å². The normalized spacial score (nSPS) is 10.6. The van der Waals surface area contributed by atoms with E-state index in [4.69, 9.17) is 4.42 Å². The van der Waals surface area contributed by atoms with Crippen molar-refractivity contribution in [3.05, 3.63) is 58.1 Å². The summed E-state index contributed by atoms with van der Waals surface area (Å²) in [5.41, 5.74) is 0.877. The Kier molecular flexibility index (Phi) is 4.03. The highest BCUT2D eigenvalue weighted by Crippen LogP contribution is 2.28. The Bertz CT molecular complexity index is 669. The van der Waals surface area contributed by atoms with E-state index in [2.05, 4.69) is 4.74 Å². The van der Waals surface area contributed by atoms with Crippen LogP contribution in [-0.2, 0) is 4.74 Å². The number of hydrogen-bond donors (Lipinski definition) is 0. The molecule has 0 unspecified atom stereocenters. The second-order valence-corrected chi connectivity index (χ2v) is 4.74. The molecule has 20 heavy (non-hydrogen) atoms. The van der Waals surface area contributed by atoms with Gasteiger partial charge in [0, 0.05) is 11.5 Å². The Hall–Kier alpha value is -2.36. The molecule has 0 bridgehead atoms.